The van der Waals surface area contributed by atoms with E-state index in [1.54, 1.807) is 21.7 Å². The molecule has 1 heterocycles. The first-order valence-electron chi connectivity index (χ1n) is 6.10. The van der Waals surface area contributed by atoms with Crippen LogP contribution in [0.15, 0.2) is 35.2 Å². The van der Waals surface area contributed by atoms with E-state index < -0.39 is 0 Å². The van der Waals surface area contributed by atoms with E-state index >= 15 is 0 Å². The van der Waals surface area contributed by atoms with E-state index in [9.17, 15) is 4.79 Å². The summed E-state index contributed by atoms with van der Waals surface area (Å²) in [5, 5.41) is 1.96. The highest BCUT2D eigenvalue weighted by Gasteiger charge is 2.10. The zero-order valence-corrected chi connectivity index (χ0v) is 11.7. The number of carbonyl (C=O) groups is 1. The number of hydrogen-bond acceptors (Lipinski definition) is 4. The number of nitrogens with two attached hydrogens (primary N) is 1. The molecule has 19 heavy (non-hydrogen) atoms. The van der Waals surface area contributed by atoms with Crippen LogP contribution in [-0.4, -0.2) is 22.8 Å². The van der Waals surface area contributed by atoms with Crippen molar-refractivity contribution in [3.63, 3.8) is 0 Å². The van der Waals surface area contributed by atoms with Gasteiger partial charge in [0.05, 0.1) is 17.7 Å². The van der Waals surface area contributed by atoms with Crippen LogP contribution in [0.5, 0.6) is 0 Å². The molecule has 1 aromatic heterocycles. The maximum absolute atomic E-state index is 12.0. The van der Waals surface area contributed by atoms with E-state index in [1.165, 1.54) is 0 Å². The quantitative estimate of drug-likeness (QED) is 0.852. The Kier molecular flexibility index (Phi) is 4.52. The van der Waals surface area contributed by atoms with Crippen molar-refractivity contribution in [3.8, 4) is 0 Å². The molecule has 0 aliphatic heterocycles. The average Bonchev–Trinajstić information content (AvgIpc) is 2.90. The van der Waals surface area contributed by atoms with Crippen molar-refractivity contribution in [2.45, 2.75) is 19.4 Å². The molecular formula is C14H17N3OS. The third kappa shape index (κ3) is 4.06. The number of carbonyl (C=O) groups excluding carboxylic acids is 1. The number of thiazole rings is 1. The monoisotopic (exact) mass is 275 g/mol. The van der Waals surface area contributed by atoms with Crippen molar-refractivity contribution in [2.24, 2.45) is 0 Å². The predicted molar refractivity (Wildman–Crippen MR) is 77.8 cm³/mol. The Morgan fingerprint density at radius 1 is 1.37 bits per heavy atom. The van der Waals surface area contributed by atoms with E-state index in [2.05, 4.69) is 4.98 Å². The van der Waals surface area contributed by atoms with Gasteiger partial charge in [0.2, 0.25) is 5.91 Å². The molecule has 0 saturated carbocycles. The topological polar surface area (TPSA) is 59.2 Å². The lowest BCUT2D eigenvalue weighted by molar-refractivity contribution is -0.130. The van der Waals surface area contributed by atoms with E-state index in [0.717, 1.165) is 23.4 Å². The minimum atomic E-state index is 0.129. The fourth-order valence-electron chi connectivity index (χ4n) is 1.77. The van der Waals surface area contributed by atoms with E-state index in [-0.39, 0.29) is 5.91 Å². The number of aromatic nitrogens is 1. The van der Waals surface area contributed by atoms with Gasteiger partial charge in [-0.2, -0.15) is 0 Å². The second-order valence-electron chi connectivity index (χ2n) is 4.47. The Morgan fingerprint density at radius 3 is 2.74 bits per heavy atom. The van der Waals surface area contributed by atoms with E-state index in [1.807, 2.05) is 36.7 Å². The standard InChI is InChI=1S/C14H17N3OS/c1-17(8-13-9-19-10-16-13)14(18)7-4-11-2-5-12(15)6-3-11/h2-3,5-6,9-10H,4,7-8,15H2,1H3. The molecule has 0 bridgehead atoms. The Labute approximate surface area is 116 Å². The maximum atomic E-state index is 12.0. The van der Waals surface area contributed by atoms with Crippen molar-refractivity contribution >= 4 is 22.9 Å². The molecule has 0 unspecified atom stereocenters. The third-order valence-electron chi connectivity index (χ3n) is 2.92. The highest BCUT2D eigenvalue weighted by atomic mass is 32.1. The third-order valence-corrected chi connectivity index (χ3v) is 3.55. The molecule has 100 valence electrons. The molecule has 0 fully saturated rings. The first-order chi connectivity index (χ1) is 9.15. The van der Waals surface area contributed by atoms with Crippen molar-refractivity contribution in [2.75, 3.05) is 12.8 Å². The Bertz CT molecular complexity index is 522. The summed E-state index contributed by atoms with van der Waals surface area (Å²) < 4.78 is 0. The van der Waals surface area contributed by atoms with Crippen LogP contribution < -0.4 is 5.73 Å². The summed E-state index contributed by atoms with van der Waals surface area (Å²) in [6.07, 6.45) is 1.24. The number of anilines is 1. The number of hydrogen-bond donors (Lipinski definition) is 1. The summed E-state index contributed by atoms with van der Waals surface area (Å²) in [6, 6.07) is 7.64. The van der Waals surface area contributed by atoms with Gasteiger partial charge in [0.1, 0.15) is 0 Å². The number of aryl methyl sites for hydroxylation is 1. The number of nitrogens with zero attached hydrogens (tertiary/aromatic N) is 2. The molecule has 0 spiro atoms. The molecule has 2 rings (SSSR count). The van der Waals surface area contributed by atoms with Crippen LogP contribution in [0.25, 0.3) is 0 Å². The SMILES string of the molecule is CN(Cc1cscn1)C(=O)CCc1ccc(N)cc1. The van der Waals surface area contributed by atoms with Gasteiger partial charge in [-0.05, 0) is 24.1 Å². The van der Waals surface area contributed by atoms with E-state index in [0.29, 0.717) is 13.0 Å². The fourth-order valence-corrected chi connectivity index (χ4v) is 2.32. The van der Waals surface area contributed by atoms with E-state index in [4.69, 9.17) is 5.73 Å². The summed E-state index contributed by atoms with van der Waals surface area (Å²) in [6.45, 7) is 0.573. The van der Waals surface area contributed by atoms with Crippen molar-refractivity contribution in [1.29, 1.82) is 0 Å². The molecule has 1 aromatic carbocycles. The van der Waals surface area contributed by atoms with Crippen LogP contribution in [0.2, 0.25) is 0 Å². The second-order valence-corrected chi connectivity index (χ2v) is 5.19. The predicted octanol–water partition coefficient (Wildman–Crippen LogP) is 2.32. The van der Waals surface area contributed by atoms with Crippen LogP contribution in [0.4, 0.5) is 5.69 Å². The van der Waals surface area contributed by atoms with Gasteiger partial charge in [0.25, 0.3) is 0 Å². The van der Waals surface area contributed by atoms with Crippen LogP contribution in [0.3, 0.4) is 0 Å². The lowest BCUT2D eigenvalue weighted by atomic mass is 10.1. The molecule has 2 N–H and O–H groups in total. The minimum absolute atomic E-state index is 0.129. The molecule has 0 aliphatic carbocycles. The zero-order valence-electron chi connectivity index (χ0n) is 10.9. The van der Waals surface area contributed by atoms with Gasteiger partial charge in [-0.3, -0.25) is 4.79 Å². The van der Waals surface area contributed by atoms with Gasteiger partial charge in [0, 0.05) is 24.5 Å². The number of nitrogen functional groups attached to an aromatic ring is 1. The lowest BCUT2D eigenvalue weighted by Crippen LogP contribution is -2.26. The van der Waals surface area contributed by atoms with Gasteiger partial charge >= 0.3 is 0 Å². The van der Waals surface area contributed by atoms with Gasteiger partial charge in [-0.25, -0.2) is 4.98 Å². The molecule has 5 heteroatoms. The zero-order chi connectivity index (χ0) is 13.7. The van der Waals surface area contributed by atoms with Gasteiger partial charge in [-0.15, -0.1) is 11.3 Å². The Morgan fingerprint density at radius 2 is 2.11 bits per heavy atom. The fraction of sp³-hybridized carbons (Fsp3) is 0.286. The first kappa shape index (κ1) is 13.5. The summed E-state index contributed by atoms with van der Waals surface area (Å²) in [4.78, 5) is 17.9. The summed E-state index contributed by atoms with van der Waals surface area (Å²) in [5.41, 5.74) is 10.2. The number of amides is 1. The van der Waals surface area contributed by atoms with Crippen molar-refractivity contribution in [1.82, 2.24) is 9.88 Å². The maximum Gasteiger partial charge on any atom is 0.222 e. The van der Waals surface area contributed by atoms with Gasteiger partial charge < -0.3 is 10.6 Å². The number of rotatable bonds is 5. The summed E-state index contributed by atoms with van der Waals surface area (Å²) in [7, 11) is 1.81. The molecule has 4 nitrogen and oxygen atoms in total. The Hall–Kier alpha value is -1.88. The normalized spacial score (nSPS) is 10.4. The highest BCUT2D eigenvalue weighted by Crippen LogP contribution is 2.10. The largest absolute Gasteiger partial charge is 0.399 e. The summed E-state index contributed by atoms with van der Waals surface area (Å²) >= 11 is 1.54. The number of benzene rings is 1. The average molecular weight is 275 g/mol. The van der Waals surface area contributed by atoms with Crippen molar-refractivity contribution in [3.05, 3.63) is 46.4 Å². The summed E-state index contributed by atoms with van der Waals surface area (Å²) in [5.74, 6) is 0.129. The molecule has 0 aliphatic rings. The molecule has 0 saturated heterocycles. The molecule has 0 radical (unpaired) electrons. The van der Waals surface area contributed by atoms with Gasteiger partial charge in [-0.1, -0.05) is 12.1 Å². The second kappa shape index (κ2) is 6.33. The first-order valence-corrected chi connectivity index (χ1v) is 7.05. The molecule has 1 amide bonds. The molecule has 2 aromatic rings. The highest BCUT2D eigenvalue weighted by molar-refractivity contribution is 7.07. The minimum Gasteiger partial charge on any atom is -0.399 e. The molecular weight excluding hydrogens is 258 g/mol. The lowest BCUT2D eigenvalue weighted by Gasteiger charge is -2.15. The van der Waals surface area contributed by atoms with Crippen LogP contribution in [-0.2, 0) is 17.8 Å². The van der Waals surface area contributed by atoms with Gasteiger partial charge in [0.15, 0.2) is 0 Å². The van der Waals surface area contributed by atoms with Crippen molar-refractivity contribution < 1.29 is 4.79 Å². The molecule has 0 atom stereocenters. The Balaban J connectivity index is 1.82. The van der Waals surface area contributed by atoms with Crippen LogP contribution >= 0.6 is 11.3 Å². The smallest absolute Gasteiger partial charge is 0.222 e. The van der Waals surface area contributed by atoms with Crippen LogP contribution in [0.1, 0.15) is 17.7 Å². The van der Waals surface area contributed by atoms with Crippen LogP contribution in [0, 0.1) is 0 Å².